The Labute approximate surface area is 358 Å². The Bertz CT molecular complexity index is 2460. The van der Waals surface area contributed by atoms with Gasteiger partial charge in [-0.25, -0.2) is 102 Å². The van der Waals surface area contributed by atoms with Crippen LogP contribution in [0, 0.1) is 116 Å². The number of halogens is 20. The molecule has 0 fully saturated rings. The van der Waals surface area contributed by atoms with E-state index in [4.69, 9.17) is 15.3 Å². The Balaban J connectivity index is 0.000000374. The molecule has 0 radical (unpaired) electrons. The molecule has 0 aliphatic rings. The first kappa shape index (κ1) is 52.9. The predicted molar refractivity (Wildman–Crippen MR) is 189 cm³/mol. The summed E-state index contributed by atoms with van der Waals surface area (Å²) >= 11 is 0. The van der Waals surface area contributed by atoms with Crippen LogP contribution < -0.4 is 21.9 Å². The van der Waals surface area contributed by atoms with Crippen LogP contribution in [-0.4, -0.2) is 69.8 Å². The van der Waals surface area contributed by atoms with Gasteiger partial charge in [0.1, 0.15) is 58.8 Å². The van der Waals surface area contributed by atoms with Crippen molar-refractivity contribution in [3.05, 3.63) is 152 Å². The molecule has 358 valence electrons. The number of Topliss-reactive ketones (excluding diaryl/α,β-unsaturated/α-hetero) is 1. The molecule has 0 spiro atoms. The summed E-state index contributed by atoms with van der Waals surface area (Å²) in [6.45, 7) is 0. The zero-order chi connectivity index (χ0) is 51.1. The quantitative estimate of drug-likeness (QED) is 0.0290. The molecule has 29 heteroatoms. The van der Waals surface area contributed by atoms with Crippen LogP contribution >= 0.6 is 7.26 Å². The van der Waals surface area contributed by atoms with Crippen LogP contribution in [0.2, 0.25) is 0 Å². The number of carboxylic acid groups (broad SMARTS) is 3. The number of ketones is 1. The molecule has 0 heterocycles. The zero-order valence-corrected chi connectivity index (χ0v) is 32.7. The summed E-state index contributed by atoms with van der Waals surface area (Å²) in [7, 11) is -3.03. The van der Waals surface area contributed by atoms with Gasteiger partial charge in [0.05, 0.1) is 7.26 Å². The van der Waals surface area contributed by atoms with Crippen LogP contribution in [0.25, 0.3) is 0 Å². The topological polar surface area (TPSA) is 129 Å². The van der Waals surface area contributed by atoms with Crippen molar-refractivity contribution in [3.8, 4) is 0 Å². The minimum atomic E-state index is -7.22. The van der Waals surface area contributed by atoms with Gasteiger partial charge in [0.2, 0.25) is 0 Å². The highest BCUT2D eigenvalue weighted by molar-refractivity contribution is 7.78. The highest BCUT2D eigenvalue weighted by Gasteiger charge is 2.52. The third kappa shape index (κ3) is 9.21. The highest BCUT2D eigenvalue weighted by atomic mass is 31.2. The summed E-state index contributed by atoms with van der Waals surface area (Å²) in [5.41, 5.74) is -14.0. The van der Waals surface area contributed by atoms with Gasteiger partial charge < -0.3 is 15.3 Å². The third-order valence-electron chi connectivity index (χ3n) is 9.69. The van der Waals surface area contributed by atoms with Crippen molar-refractivity contribution < 1.29 is 122 Å². The second-order valence-electron chi connectivity index (χ2n) is 13.7. The predicted octanol–water partition coefficient (Wildman–Crippen LogP) is 6.99. The fourth-order valence-electron chi connectivity index (χ4n) is 7.09. The van der Waals surface area contributed by atoms with Crippen molar-refractivity contribution in [1.82, 2.24) is 0 Å². The molecule has 5 aromatic rings. The molecule has 0 amide bonds. The number of hydrogen-bond acceptors (Lipinski definition) is 4. The number of carbonyl (C=O) groups is 4. The lowest BCUT2D eigenvalue weighted by Crippen LogP contribution is -2.81. The van der Waals surface area contributed by atoms with Crippen LogP contribution in [0.15, 0.2) is 30.3 Å². The maximum atomic E-state index is 15.4. The molecule has 0 aliphatic carbocycles. The van der Waals surface area contributed by atoms with E-state index >= 15 is 35.1 Å². The van der Waals surface area contributed by atoms with E-state index in [1.807, 2.05) is 0 Å². The van der Waals surface area contributed by atoms with Crippen molar-refractivity contribution >= 4 is 59.0 Å². The van der Waals surface area contributed by atoms with Crippen molar-refractivity contribution in [3.63, 3.8) is 0 Å². The number of rotatable bonds is 13. The van der Waals surface area contributed by atoms with Crippen LogP contribution in [0.1, 0.15) is 10.4 Å². The fourth-order valence-corrected chi connectivity index (χ4v) is 10.3. The van der Waals surface area contributed by atoms with E-state index in [-0.39, 0.29) is 6.16 Å². The molecule has 0 aromatic heterocycles. The molecule has 67 heavy (non-hydrogen) atoms. The largest absolute Gasteiger partial charge is 0.479 e. The van der Waals surface area contributed by atoms with Crippen molar-refractivity contribution in [2.24, 2.45) is 0 Å². The molecule has 0 atom stereocenters. The molecule has 0 saturated heterocycles. The Morgan fingerprint density at radius 1 is 0.328 bits per heavy atom. The lowest BCUT2D eigenvalue weighted by molar-refractivity contribution is -0.134. The Morgan fingerprint density at radius 2 is 0.522 bits per heavy atom. The first-order valence-electron chi connectivity index (χ1n) is 17.3. The standard InChI is InChI=1S/C24BF20.C14H15O7P/c26-5-1(6(27)14(35)21(42)13(5)34)25(2-7(28)15(36)22(43)16(37)8(2)29,3-9(30)17(38)23(44)18(39)10(3)31)4-11(32)19(40)24(45)20(41)12(4)33;15-11(10-4-2-1-3-5-10)6-22(7-12(16)17,8-13(18)19)9-14(20)21/h;1-5H,6-9H2,(H2-,16,17,18,19,20,21)/q-1;/p+1. The monoisotopic (exact) mass is 1010 g/mol. The smallest absolute Gasteiger partial charge is 0.341 e. The van der Waals surface area contributed by atoms with Gasteiger partial charge in [-0.05, 0) is 0 Å². The van der Waals surface area contributed by atoms with Gasteiger partial charge in [0, 0.05) is 5.56 Å². The number of carbonyl (C=O) groups excluding carboxylic acids is 1. The van der Waals surface area contributed by atoms with Crippen LogP contribution in [0.4, 0.5) is 87.8 Å². The van der Waals surface area contributed by atoms with Crippen molar-refractivity contribution in [2.45, 2.75) is 0 Å². The Kier molecular flexibility index (Phi) is 15.5. The minimum absolute atomic E-state index is 0.313. The van der Waals surface area contributed by atoms with Crippen molar-refractivity contribution in [1.29, 1.82) is 0 Å². The van der Waals surface area contributed by atoms with Gasteiger partial charge in [-0.3, -0.25) is 4.79 Å². The first-order chi connectivity index (χ1) is 30.9. The van der Waals surface area contributed by atoms with Gasteiger partial charge in [-0.15, -0.1) is 21.9 Å². The first-order valence-corrected chi connectivity index (χ1v) is 19.8. The van der Waals surface area contributed by atoms with Gasteiger partial charge in [-0.1, -0.05) is 30.3 Å². The average Bonchev–Trinajstić information content (AvgIpc) is 3.25. The second-order valence-corrected chi connectivity index (χ2v) is 17.7. The molecule has 0 saturated carbocycles. The molecule has 5 rings (SSSR count). The third-order valence-corrected chi connectivity index (χ3v) is 13.5. The number of benzene rings is 5. The van der Waals surface area contributed by atoms with E-state index in [1.54, 1.807) is 18.2 Å². The second kappa shape index (κ2) is 19.6. The van der Waals surface area contributed by atoms with Gasteiger partial charge in [0.15, 0.2) is 94.1 Å². The maximum Gasteiger partial charge on any atom is 0.341 e. The van der Waals surface area contributed by atoms with Gasteiger partial charge >= 0.3 is 17.9 Å². The SMILES string of the molecule is Fc1c(F)c(F)c([B-](c2c(F)c(F)c(F)c(F)c2F)(c2c(F)c(F)c(F)c(F)c2F)c2c(F)c(F)c(F)c(F)c2F)c(F)c1F.O=C(O)C[P+](CC(=O)O)(CC(=O)O)CC(=O)c1ccccc1. The van der Waals surface area contributed by atoms with Crippen LogP contribution in [0.3, 0.4) is 0 Å². The maximum absolute atomic E-state index is 15.4. The molecule has 5 aromatic carbocycles. The van der Waals surface area contributed by atoms with Gasteiger partial charge in [0.25, 0.3) is 0 Å². The summed E-state index contributed by atoms with van der Waals surface area (Å²) < 4.78 is 294. The molecule has 0 aliphatic heterocycles. The van der Waals surface area contributed by atoms with Crippen LogP contribution in [-0.2, 0) is 14.4 Å². The van der Waals surface area contributed by atoms with Crippen molar-refractivity contribution in [2.75, 3.05) is 24.6 Å². The fraction of sp³-hybridized carbons (Fsp3) is 0.105. The molecular weight excluding hydrogens is 990 g/mol. The van der Waals surface area contributed by atoms with E-state index in [9.17, 15) is 71.9 Å². The average molecular weight is 1010 g/mol. The summed E-state index contributed by atoms with van der Waals surface area (Å²) in [6, 6.07) is 8.00. The lowest BCUT2D eigenvalue weighted by Gasteiger charge is -2.44. The summed E-state index contributed by atoms with van der Waals surface area (Å²) in [6.07, 6.45) is -9.34. The molecule has 3 N–H and O–H groups in total. The van der Waals surface area contributed by atoms with E-state index < -0.39 is 194 Å². The highest BCUT2D eigenvalue weighted by Crippen LogP contribution is 2.58. The lowest BCUT2D eigenvalue weighted by atomic mass is 9.12. The summed E-state index contributed by atoms with van der Waals surface area (Å²) in [5, 5.41) is 27.0. The normalized spacial score (nSPS) is 11.6. The van der Waals surface area contributed by atoms with Gasteiger partial charge in [-0.2, -0.15) is 0 Å². The molecule has 0 unspecified atom stereocenters. The molecule has 7 nitrogen and oxygen atoms in total. The number of hydrogen-bond donors (Lipinski definition) is 3. The van der Waals surface area contributed by atoms with E-state index in [2.05, 4.69) is 0 Å². The number of aliphatic carboxylic acids is 3. The Hall–Kier alpha value is -6.73. The summed E-state index contributed by atoms with van der Waals surface area (Å²) in [5.74, 6) is -75.7. The zero-order valence-electron chi connectivity index (χ0n) is 31.8. The van der Waals surface area contributed by atoms with Crippen LogP contribution in [0.5, 0.6) is 0 Å². The van der Waals surface area contributed by atoms with E-state index in [0.29, 0.717) is 5.56 Å². The molecular formula is C38H16BF20O7P. The number of carboxylic acids is 3. The Morgan fingerprint density at radius 3 is 0.716 bits per heavy atom. The minimum Gasteiger partial charge on any atom is -0.479 e. The van der Waals surface area contributed by atoms with E-state index in [0.717, 1.165) is 0 Å². The summed E-state index contributed by atoms with van der Waals surface area (Å²) in [4.78, 5) is 45.3. The van der Waals surface area contributed by atoms with E-state index in [1.165, 1.54) is 12.1 Å². The molecule has 0 bridgehead atoms.